The van der Waals surface area contributed by atoms with Crippen molar-refractivity contribution in [2.75, 3.05) is 6.26 Å². The van der Waals surface area contributed by atoms with Crippen LogP contribution in [0.1, 0.15) is 10.4 Å². The zero-order chi connectivity index (χ0) is 13.1. The van der Waals surface area contributed by atoms with E-state index in [1.165, 1.54) is 23.9 Å². The zero-order valence-corrected chi connectivity index (χ0v) is 9.39. The monoisotopic (exact) mass is 264 g/mol. The molecule has 17 heavy (non-hydrogen) atoms. The quantitative estimate of drug-likeness (QED) is 0.468. The number of rotatable bonds is 2. The van der Waals surface area contributed by atoms with Crippen LogP contribution in [0.25, 0.3) is 0 Å². The molecular formula is C10H7F3O3S. The molecule has 0 amide bonds. The predicted molar refractivity (Wildman–Crippen MR) is 54.7 cm³/mol. The molecule has 0 spiro atoms. The van der Waals surface area contributed by atoms with Crippen LogP contribution in [0.5, 0.6) is 0 Å². The van der Waals surface area contributed by atoms with Crippen molar-refractivity contribution < 1.29 is 27.5 Å². The number of hydrogen-bond acceptors (Lipinski definition) is 4. The van der Waals surface area contributed by atoms with Crippen LogP contribution in [0.4, 0.5) is 13.2 Å². The second kappa shape index (κ2) is 5.22. The molecule has 1 aromatic rings. The van der Waals surface area contributed by atoms with E-state index in [0.717, 1.165) is 4.90 Å². The fraction of sp³-hybridized carbons (Fsp3) is 0.200. The Morgan fingerprint density at radius 3 is 2.12 bits per heavy atom. The van der Waals surface area contributed by atoms with Crippen molar-refractivity contribution in [3.05, 3.63) is 29.8 Å². The van der Waals surface area contributed by atoms with Gasteiger partial charge in [0.05, 0.1) is 5.56 Å². The largest absolute Gasteiger partial charge is 0.491 e. The van der Waals surface area contributed by atoms with Crippen LogP contribution >= 0.6 is 11.8 Å². The number of hydrogen-bond donors (Lipinski definition) is 0. The highest BCUT2D eigenvalue weighted by Gasteiger charge is 2.42. The van der Waals surface area contributed by atoms with Crippen LogP contribution in [0, 0.1) is 0 Å². The van der Waals surface area contributed by atoms with Gasteiger partial charge in [0.25, 0.3) is 0 Å². The molecule has 7 heteroatoms. The van der Waals surface area contributed by atoms with Gasteiger partial charge in [-0.05, 0) is 30.5 Å². The highest BCUT2D eigenvalue weighted by Crippen LogP contribution is 2.19. The number of alkyl halides is 3. The number of ether oxygens (including phenoxy) is 1. The normalized spacial score (nSPS) is 11.1. The molecule has 0 aliphatic rings. The first kappa shape index (κ1) is 13.6. The Morgan fingerprint density at radius 1 is 1.18 bits per heavy atom. The van der Waals surface area contributed by atoms with Crippen molar-refractivity contribution >= 4 is 23.7 Å². The lowest BCUT2D eigenvalue weighted by Gasteiger charge is -2.05. The smallest absolute Gasteiger partial charge is 0.383 e. The third-order valence-electron chi connectivity index (χ3n) is 1.74. The Hall–Kier alpha value is -1.50. The van der Waals surface area contributed by atoms with Crippen LogP contribution in [-0.2, 0) is 9.53 Å². The van der Waals surface area contributed by atoms with Crippen molar-refractivity contribution in [1.82, 2.24) is 0 Å². The van der Waals surface area contributed by atoms with Crippen LogP contribution in [0.3, 0.4) is 0 Å². The van der Waals surface area contributed by atoms with Gasteiger partial charge in [0.15, 0.2) is 0 Å². The second-order valence-electron chi connectivity index (χ2n) is 2.90. The van der Waals surface area contributed by atoms with Crippen LogP contribution in [0.15, 0.2) is 29.2 Å². The summed E-state index contributed by atoms with van der Waals surface area (Å²) in [6, 6.07) is 5.66. The molecule has 1 aromatic carbocycles. The molecule has 0 aliphatic heterocycles. The van der Waals surface area contributed by atoms with Gasteiger partial charge in [-0.15, -0.1) is 11.8 Å². The van der Waals surface area contributed by atoms with Gasteiger partial charge in [-0.2, -0.15) is 13.2 Å². The highest BCUT2D eigenvalue weighted by molar-refractivity contribution is 7.98. The SMILES string of the molecule is CSc1ccc(C(=O)OC(=O)C(F)(F)F)cc1. The van der Waals surface area contributed by atoms with Gasteiger partial charge in [0, 0.05) is 4.90 Å². The molecule has 0 bridgehead atoms. The Labute approximate surface area is 98.9 Å². The Kier molecular flexibility index (Phi) is 4.17. The molecule has 0 saturated heterocycles. The summed E-state index contributed by atoms with van der Waals surface area (Å²) in [4.78, 5) is 22.4. The van der Waals surface area contributed by atoms with Crippen LogP contribution < -0.4 is 0 Å². The average Bonchev–Trinajstić information content (AvgIpc) is 2.27. The third-order valence-corrected chi connectivity index (χ3v) is 2.49. The fourth-order valence-electron chi connectivity index (χ4n) is 0.928. The molecule has 0 heterocycles. The summed E-state index contributed by atoms with van der Waals surface area (Å²) >= 11 is 1.41. The number of carbonyl (C=O) groups excluding carboxylic acids is 2. The minimum atomic E-state index is -5.17. The first-order valence-electron chi connectivity index (χ1n) is 4.32. The zero-order valence-electron chi connectivity index (χ0n) is 8.58. The number of carbonyl (C=O) groups is 2. The van der Waals surface area contributed by atoms with E-state index in [2.05, 4.69) is 4.74 Å². The fourth-order valence-corrected chi connectivity index (χ4v) is 1.34. The molecule has 3 nitrogen and oxygen atoms in total. The summed E-state index contributed by atoms with van der Waals surface area (Å²) in [5.74, 6) is -3.84. The molecule has 92 valence electrons. The first-order chi connectivity index (χ1) is 7.84. The van der Waals surface area contributed by atoms with E-state index in [1.807, 2.05) is 0 Å². The van der Waals surface area contributed by atoms with Crippen LogP contribution in [-0.4, -0.2) is 24.4 Å². The summed E-state index contributed by atoms with van der Waals surface area (Å²) in [6.07, 6.45) is -3.37. The van der Waals surface area contributed by atoms with E-state index in [9.17, 15) is 22.8 Å². The first-order valence-corrected chi connectivity index (χ1v) is 5.54. The molecule has 0 atom stereocenters. The lowest BCUT2D eigenvalue weighted by molar-refractivity contribution is -0.193. The summed E-state index contributed by atoms with van der Waals surface area (Å²) in [7, 11) is 0. The summed E-state index contributed by atoms with van der Waals surface area (Å²) < 4.78 is 39.1. The topological polar surface area (TPSA) is 43.4 Å². The van der Waals surface area contributed by atoms with Gasteiger partial charge in [-0.3, -0.25) is 0 Å². The van der Waals surface area contributed by atoms with Gasteiger partial charge < -0.3 is 4.74 Å². The Balaban J connectivity index is 2.73. The van der Waals surface area contributed by atoms with E-state index in [1.54, 1.807) is 18.4 Å². The molecule has 1 rings (SSSR count). The number of halogens is 3. The Morgan fingerprint density at radius 2 is 1.71 bits per heavy atom. The van der Waals surface area contributed by atoms with Crippen molar-refractivity contribution in [2.24, 2.45) is 0 Å². The standard InChI is InChI=1S/C10H7F3O3S/c1-17-7-4-2-6(3-5-7)8(14)16-9(15)10(11,12)13/h2-5H,1H3. The minimum Gasteiger partial charge on any atom is -0.383 e. The van der Waals surface area contributed by atoms with Crippen LogP contribution in [0.2, 0.25) is 0 Å². The maximum absolute atomic E-state index is 11.8. The summed E-state index contributed by atoms with van der Waals surface area (Å²) in [5.41, 5.74) is -0.111. The molecule has 0 fully saturated rings. The van der Waals surface area contributed by atoms with E-state index in [4.69, 9.17) is 0 Å². The van der Waals surface area contributed by atoms with Gasteiger partial charge in [0.2, 0.25) is 0 Å². The molecule has 0 aromatic heterocycles. The van der Waals surface area contributed by atoms with E-state index < -0.39 is 18.1 Å². The minimum absolute atomic E-state index is 0.111. The average molecular weight is 264 g/mol. The lowest BCUT2D eigenvalue weighted by Crippen LogP contribution is -2.28. The van der Waals surface area contributed by atoms with Gasteiger partial charge in [0.1, 0.15) is 0 Å². The van der Waals surface area contributed by atoms with Crippen molar-refractivity contribution in [3.63, 3.8) is 0 Å². The second-order valence-corrected chi connectivity index (χ2v) is 3.78. The van der Waals surface area contributed by atoms with Gasteiger partial charge in [-0.25, -0.2) is 9.59 Å². The molecule has 0 N–H and O–H groups in total. The molecule has 0 unspecified atom stereocenters. The van der Waals surface area contributed by atoms with Gasteiger partial charge >= 0.3 is 18.1 Å². The third kappa shape index (κ3) is 3.77. The maximum atomic E-state index is 11.8. The molecular weight excluding hydrogens is 257 g/mol. The molecule has 0 radical (unpaired) electrons. The van der Waals surface area contributed by atoms with Crippen molar-refractivity contribution in [1.29, 1.82) is 0 Å². The maximum Gasteiger partial charge on any atom is 0.491 e. The number of benzene rings is 1. The predicted octanol–water partition coefficient (Wildman–Crippen LogP) is 2.65. The van der Waals surface area contributed by atoms with E-state index in [-0.39, 0.29) is 5.56 Å². The molecule has 0 aliphatic carbocycles. The summed E-state index contributed by atoms with van der Waals surface area (Å²) in [6.45, 7) is 0. The van der Waals surface area contributed by atoms with E-state index in [0.29, 0.717) is 0 Å². The van der Waals surface area contributed by atoms with Crippen molar-refractivity contribution in [3.8, 4) is 0 Å². The van der Waals surface area contributed by atoms with Crippen molar-refractivity contribution in [2.45, 2.75) is 11.1 Å². The highest BCUT2D eigenvalue weighted by atomic mass is 32.2. The number of thioether (sulfide) groups is 1. The lowest BCUT2D eigenvalue weighted by atomic mass is 10.2. The Bertz CT molecular complexity index is 425. The molecule has 0 saturated carbocycles. The van der Waals surface area contributed by atoms with E-state index >= 15 is 0 Å². The number of esters is 2. The summed E-state index contributed by atoms with van der Waals surface area (Å²) in [5, 5.41) is 0. The van der Waals surface area contributed by atoms with Gasteiger partial charge in [-0.1, -0.05) is 0 Å².